The summed E-state index contributed by atoms with van der Waals surface area (Å²) in [5.74, 6) is 0.848. The predicted molar refractivity (Wildman–Crippen MR) is 132 cm³/mol. The number of carbonyl (C=O) groups excluding carboxylic acids is 2. The number of aromatic amines is 1. The number of likely N-dealkylation sites (tertiary alicyclic amines) is 1. The average Bonchev–Trinajstić information content (AvgIpc) is 3.56. The van der Waals surface area contributed by atoms with Crippen LogP contribution in [0.15, 0.2) is 65.2 Å². The van der Waals surface area contributed by atoms with Crippen LogP contribution in [0.1, 0.15) is 31.1 Å². The SMILES string of the molecule is CC(Cc1c[nH]c2ccccc12)(NCc1cc2ccccc2o1)C(=O)NCCN1CCCC1=O. The lowest BCUT2D eigenvalue weighted by Gasteiger charge is -2.30. The smallest absolute Gasteiger partial charge is 0.240 e. The van der Waals surface area contributed by atoms with E-state index in [0.717, 1.165) is 46.2 Å². The van der Waals surface area contributed by atoms with Crippen molar-refractivity contribution < 1.29 is 14.0 Å². The van der Waals surface area contributed by atoms with Gasteiger partial charge in [0.15, 0.2) is 0 Å². The molecule has 3 heterocycles. The minimum absolute atomic E-state index is 0.0967. The summed E-state index contributed by atoms with van der Waals surface area (Å²) in [5.41, 5.74) is 2.07. The van der Waals surface area contributed by atoms with Crippen molar-refractivity contribution in [3.8, 4) is 0 Å². The summed E-state index contributed by atoms with van der Waals surface area (Å²) in [7, 11) is 0. The Bertz CT molecular complexity index is 1290. The fourth-order valence-corrected chi connectivity index (χ4v) is 4.73. The van der Waals surface area contributed by atoms with E-state index in [4.69, 9.17) is 4.42 Å². The normalized spacial score (nSPS) is 15.8. The van der Waals surface area contributed by atoms with E-state index >= 15 is 0 Å². The molecule has 2 amide bonds. The fourth-order valence-electron chi connectivity index (χ4n) is 4.73. The van der Waals surface area contributed by atoms with Crippen LogP contribution in [-0.2, 0) is 22.6 Å². The van der Waals surface area contributed by atoms with Gasteiger partial charge in [-0.15, -0.1) is 0 Å². The predicted octanol–water partition coefficient (Wildman–Crippen LogP) is 3.74. The molecule has 2 aromatic heterocycles. The van der Waals surface area contributed by atoms with Gasteiger partial charge in [0.1, 0.15) is 11.3 Å². The van der Waals surface area contributed by atoms with Crippen LogP contribution in [0.2, 0.25) is 0 Å². The summed E-state index contributed by atoms with van der Waals surface area (Å²) in [4.78, 5) is 30.5. The number of hydrogen-bond acceptors (Lipinski definition) is 4. The minimum Gasteiger partial charge on any atom is -0.460 e. The van der Waals surface area contributed by atoms with Gasteiger partial charge in [0.25, 0.3) is 0 Å². The third-order valence-corrected chi connectivity index (χ3v) is 6.69. The van der Waals surface area contributed by atoms with Crippen molar-refractivity contribution >= 4 is 33.7 Å². The molecule has 176 valence electrons. The van der Waals surface area contributed by atoms with E-state index in [1.54, 1.807) is 0 Å². The number of amides is 2. The van der Waals surface area contributed by atoms with E-state index in [1.165, 1.54) is 0 Å². The van der Waals surface area contributed by atoms with E-state index in [9.17, 15) is 9.59 Å². The molecule has 1 aliphatic heterocycles. The molecule has 0 spiro atoms. The first-order chi connectivity index (χ1) is 16.5. The Kier molecular flexibility index (Phi) is 6.11. The van der Waals surface area contributed by atoms with Gasteiger partial charge in [-0.3, -0.25) is 14.9 Å². The third-order valence-electron chi connectivity index (χ3n) is 6.69. The first-order valence-electron chi connectivity index (χ1n) is 11.9. The van der Waals surface area contributed by atoms with Gasteiger partial charge in [0, 0.05) is 55.0 Å². The van der Waals surface area contributed by atoms with Crippen molar-refractivity contribution in [3.63, 3.8) is 0 Å². The van der Waals surface area contributed by atoms with Gasteiger partial charge < -0.3 is 19.6 Å². The van der Waals surface area contributed by atoms with Gasteiger partial charge in [-0.1, -0.05) is 36.4 Å². The van der Waals surface area contributed by atoms with Crippen molar-refractivity contribution in [2.45, 2.75) is 38.3 Å². The quantitative estimate of drug-likeness (QED) is 0.356. The Labute approximate surface area is 198 Å². The number of furan rings is 1. The molecule has 1 atom stereocenters. The molecule has 0 saturated carbocycles. The van der Waals surface area contributed by atoms with E-state index in [1.807, 2.05) is 66.6 Å². The number of hydrogen-bond donors (Lipinski definition) is 3. The molecule has 2 aromatic carbocycles. The molecule has 34 heavy (non-hydrogen) atoms. The van der Waals surface area contributed by atoms with E-state index in [2.05, 4.69) is 21.7 Å². The molecule has 1 unspecified atom stereocenters. The van der Waals surface area contributed by atoms with Gasteiger partial charge in [-0.05, 0) is 37.1 Å². The molecule has 5 rings (SSSR count). The number of carbonyl (C=O) groups is 2. The minimum atomic E-state index is -0.876. The van der Waals surface area contributed by atoms with Gasteiger partial charge in [0.2, 0.25) is 11.8 Å². The highest BCUT2D eigenvalue weighted by molar-refractivity contribution is 5.89. The number of aromatic nitrogens is 1. The maximum atomic E-state index is 13.5. The van der Waals surface area contributed by atoms with Crippen molar-refractivity contribution in [1.82, 2.24) is 20.5 Å². The molecule has 0 aliphatic carbocycles. The van der Waals surface area contributed by atoms with Crippen LogP contribution in [0.5, 0.6) is 0 Å². The first-order valence-corrected chi connectivity index (χ1v) is 11.9. The van der Waals surface area contributed by atoms with Crippen LogP contribution in [-0.4, -0.2) is 46.9 Å². The first kappa shape index (κ1) is 22.2. The Morgan fingerprint density at radius 1 is 1.18 bits per heavy atom. The number of H-pyrrole nitrogens is 1. The van der Waals surface area contributed by atoms with Crippen LogP contribution in [0.3, 0.4) is 0 Å². The topological polar surface area (TPSA) is 90.4 Å². The Morgan fingerprint density at radius 2 is 2.00 bits per heavy atom. The van der Waals surface area contributed by atoms with Gasteiger partial charge in [-0.25, -0.2) is 0 Å². The molecular weight excluding hydrogens is 428 g/mol. The summed E-state index contributed by atoms with van der Waals surface area (Å²) in [6, 6.07) is 18.0. The molecule has 7 nitrogen and oxygen atoms in total. The lowest BCUT2D eigenvalue weighted by atomic mass is 9.91. The maximum Gasteiger partial charge on any atom is 0.240 e. The highest BCUT2D eigenvalue weighted by atomic mass is 16.3. The summed E-state index contributed by atoms with van der Waals surface area (Å²) < 4.78 is 5.96. The zero-order valence-corrected chi connectivity index (χ0v) is 19.4. The molecule has 1 saturated heterocycles. The summed E-state index contributed by atoms with van der Waals surface area (Å²) in [6.45, 7) is 4.09. The van der Waals surface area contributed by atoms with E-state index in [0.29, 0.717) is 32.5 Å². The van der Waals surface area contributed by atoms with Crippen LogP contribution in [0.25, 0.3) is 21.9 Å². The number of para-hydroxylation sites is 2. The number of rotatable bonds is 9. The van der Waals surface area contributed by atoms with Crippen LogP contribution in [0, 0.1) is 0 Å². The molecule has 7 heteroatoms. The van der Waals surface area contributed by atoms with Crippen molar-refractivity contribution in [2.24, 2.45) is 0 Å². The molecule has 4 aromatic rings. The largest absolute Gasteiger partial charge is 0.460 e. The van der Waals surface area contributed by atoms with Crippen LogP contribution >= 0.6 is 0 Å². The van der Waals surface area contributed by atoms with Crippen molar-refractivity contribution in [1.29, 1.82) is 0 Å². The summed E-state index contributed by atoms with van der Waals surface area (Å²) in [6.07, 6.45) is 3.98. The second kappa shape index (κ2) is 9.35. The van der Waals surface area contributed by atoms with Crippen molar-refractivity contribution in [3.05, 3.63) is 72.1 Å². The monoisotopic (exact) mass is 458 g/mol. The summed E-state index contributed by atoms with van der Waals surface area (Å²) in [5, 5.41) is 8.67. The summed E-state index contributed by atoms with van der Waals surface area (Å²) >= 11 is 0. The standard InChI is InChI=1S/C27H30N4O3/c1-27(16-20-17-29-23-9-4-3-8-22(20)23,26(33)28-12-14-31-13-6-11-25(31)32)30-18-21-15-19-7-2-5-10-24(19)34-21/h2-5,7-10,15,17,29-30H,6,11-14,16,18H2,1H3,(H,28,33). The van der Waals surface area contributed by atoms with E-state index < -0.39 is 5.54 Å². The van der Waals surface area contributed by atoms with Gasteiger partial charge >= 0.3 is 0 Å². The highest BCUT2D eigenvalue weighted by Crippen LogP contribution is 2.24. The molecule has 1 aliphatic rings. The number of nitrogens with one attached hydrogen (secondary N) is 3. The molecule has 1 fully saturated rings. The second-order valence-electron chi connectivity index (χ2n) is 9.21. The lowest BCUT2D eigenvalue weighted by Crippen LogP contribution is -2.56. The molecule has 3 N–H and O–H groups in total. The number of nitrogens with zero attached hydrogens (tertiary/aromatic N) is 1. The molecule has 0 bridgehead atoms. The Balaban J connectivity index is 1.33. The van der Waals surface area contributed by atoms with Gasteiger partial charge in [0.05, 0.1) is 12.1 Å². The highest BCUT2D eigenvalue weighted by Gasteiger charge is 2.34. The van der Waals surface area contributed by atoms with Gasteiger partial charge in [-0.2, -0.15) is 0 Å². The Hall–Kier alpha value is -3.58. The van der Waals surface area contributed by atoms with Crippen LogP contribution in [0.4, 0.5) is 0 Å². The fraction of sp³-hybridized carbons (Fsp3) is 0.333. The zero-order chi connectivity index (χ0) is 23.5. The van der Waals surface area contributed by atoms with Crippen LogP contribution < -0.4 is 10.6 Å². The number of fused-ring (bicyclic) bond motifs is 2. The van der Waals surface area contributed by atoms with E-state index in [-0.39, 0.29) is 11.8 Å². The molecule has 0 radical (unpaired) electrons. The second-order valence-corrected chi connectivity index (χ2v) is 9.21. The maximum absolute atomic E-state index is 13.5. The lowest BCUT2D eigenvalue weighted by molar-refractivity contribution is -0.129. The average molecular weight is 459 g/mol. The van der Waals surface area contributed by atoms with Crippen molar-refractivity contribution in [2.75, 3.05) is 19.6 Å². The number of benzene rings is 2. The zero-order valence-electron chi connectivity index (χ0n) is 19.4. The Morgan fingerprint density at radius 3 is 2.82 bits per heavy atom. The third kappa shape index (κ3) is 4.56. The molecular formula is C27H30N4O3.